The molecule has 0 spiro atoms. The fourth-order valence-electron chi connectivity index (χ4n) is 2.41. The molecule has 1 fully saturated rings. The van der Waals surface area contributed by atoms with Crippen molar-refractivity contribution in [1.29, 1.82) is 0 Å². The number of nitrogens with zero attached hydrogens (tertiary/aromatic N) is 2. The van der Waals surface area contributed by atoms with Crippen LogP contribution in [0.4, 0.5) is 13.6 Å². The zero-order valence-corrected chi connectivity index (χ0v) is 12.3. The molecule has 0 aliphatic carbocycles. The van der Waals surface area contributed by atoms with Crippen molar-refractivity contribution in [3.05, 3.63) is 53.4 Å². The van der Waals surface area contributed by atoms with Crippen LogP contribution in [0.5, 0.6) is 0 Å². The van der Waals surface area contributed by atoms with Crippen molar-refractivity contribution in [3.8, 4) is 0 Å². The molecule has 6 nitrogen and oxygen atoms in total. The zero-order chi connectivity index (χ0) is 16.2. The Balaban J connectivity index is 1.60. The Morgan fingerprint density at radius 3 is 3.00 bits per heavy atom. The Kier molecular flexibility index (Phi) is 4.52. The van der Waals surface area contributed by atoms with Crippen molar-refractivity contribution in [3.63, 3.8) is 0 Å². The van der Waals surface area contributed by atoms with E-state index in [9.17, 15) is 13.6 Å². The highest BCUT2D eigenvalue weighted by atomic mass is 19.2. The number of urea groups is 1. The number of rotatable bonds is 3. The Hall–Kier alpha value is -2.48. The predicted octanol–water partition coefficient (Wildman–Crippen LogP) is 1.97. The summed E-state index contributed by atoms with van der Waals surface area (Å²) in [5.74, 6) is -1.83. The maximum atomic E-state index is 13.3. The van der Waals surface area contributed by atoms with Crippen molar-refractivity contribution in [2.45, 2.75) is 12.6 Å². The average molecular weight is 322 g/mol. The Labute approximate surface area is 131 Å². The van der Waals surface area contributed by atoms with Gasteiger partial charge >= 0.3 is 6.03 Å². The van der Waals surface area contributed by atoms with Gasteiger partial charge in [-0.25, -0.2) is 13.6 Å². The number of nitrogens with one attached hydrogen (secondary N) is 2. The molecule has 1 saturated heterocycles. The van der Waals surface area contributed by atoms with Crippen LogP contribution in [0.2, 0.25) is 0 Å². The van der Waals surface area contributed by atoms with Gasteiger partial charge in [-0.3, -0.25) is 5.10 Å². The van der Waals surface area contributed by atoms with E-state index in [1.54, 1.807) is 17.2 Å². The molecule has 1 aliphatic heterocycles. The maximum absolute atomic E-state index is 13.3. The molecule has 1 aromatic heterocycles. The van der Waals surface area contributed by atoms with Crippen molar-refractivity contribution in [1.82, 2.24) is 20.4 Å². The Morgan fingerprint density at radius 2 is 2.26 bits per heavy atom. The third kappa shape index (κ3) is 3.65. The molecule has 1 aliphatic rings. The molecule has 1 atom stereocenters. The SMILES string of the molecule is O=C(NCc1ccn[nH]1)N1CCO[C@@H](c2ccc(F)c(F)c2)C1. The number of carbonyl (C=O) groups excluding carboxylic acids is 1. The van der Waals surface area contributed by atoms with E-state index in [4.69, 9.17) is 4.74 Å². The van der Waals surface area contributed by atoms with Crippen LogP contribution in [0.15, 0.2) is 30.5 Å². The van der Waals surface area contributed by atoms with Crippen molar-refractivity contribution >= 4 is 6.03 Å². The lowest BCUT2D eigenvalue weighted by atomic mass is 10.1. The summed E-state index contributed by atoms with van der Waals surface area (Å²) in [4.78, 5) is 13.8. The second kappa shape index (κ2) is 6.74. The van der Waals surface area contributed by atoms with E-state index in [0.29, 0.717) is 25.3 Å². The molecule has 8 heteroatoms. The van der Waals surface area contributed by atoms with Crippen LogP contribution < -0.4 is 5.32 Å². The molecular formula is C15H16F2N4O2. The van der Waals surface area contributed by atoms with Crippen molar-refractivity contribution in [2.75, 3.05) is 19.7 Å². The second-order valence-electron chi connectivity index (χ2n) is 5.22. The van der Waals surface area contributed by atoms with E-state index in [0.717, 1.165) is 17.8 Å². The van der Waals surface area contributed by atoms with Gasteiger partial charge in [-0.2, -0.15) is 5.10 Å². The van der Waals surface area contributed by atoms with Gasteiger partial charge in [0.25, 0.3) is 0 Å². The zero-order valence-electron chi connectivity index (χ0n) is 12.3. The number of amides is 2. The number of morpholine rings is 1. The van der Waals surface area contributed by atoms with Gasteiger partial charge in [-0.15, -0.1) is 0 Å². The molecule has 23 heavy (non-hydrogen) atoms. The first-order valence-corrected chi connectivity index (χ1v) is 7.21. The van der Waals surface area contributed by atoms with E-state index >= 15 is 0 Å². The summed E-state index contributed by atoms with van der Waals surface area (Å²) in [6, 6.07) is 5.16. The number of benzene rings is 1. The van der Waals surface area contributed by atoms with Crippen LogP contribution in [0.1, 0.15) is 17.4 Å². The van der Waals surface area contributed by atoms with E-state index in [1.165, 1.54) is 6.07 Å². The molecule has 0 bridgehead atoms. The highest BCUT2D eigenvalue weighted by Crippen LogP contribution is 2.23. The highest BCUT2D eigenvalue weighted by molar-refractivity contribution is 5.74. The minimum absolute atomic E-state index is 0.240. The van der Waals surface area contributed by atoms with Crippen LogP contribution >= 0.6 is 0 Å². The van der Waals surface area contributed by atoms with Gasteiger partial charge in [-0.05, 0) is 23.8 Å². The van der Waals surface area contributed by atoms with Crippen LogP contribution in [0.25, 0.3) is 0 Å². The minimum Gasteiger partial charge on any atom is -0.370 e. The number of aromatic amines is 1. The van der Waals surface area contributed by atoms with Crippen LogP contribution in [0, 0.1) is 11.6 Å². The number of hydrogen-bond donors (Lipinski definition) is 2. The molecule has 122 valence electrons. The molecule has 1 aromatic carbocycles. The quantitative estimate of drug-likeness (QED) is 0.908. The van der Waals surface area contributed by atoms with E-state index in [2.05, 4.69) is 15.5 Å². The summed E-state index contributed by atoms with van der Waals surface area (Å²) in [5, 5.41) is 9.33. The molecular weight excluding hydrogens is 306 g/mol. The average Bonchev–Trinajstić information content (AvgIpc) is 3.09. The number of carbonyl (C=O) groups is 1. The summed E-state index contributed by atoms with van der Waals surface area (Å²) >= 11 is 0. The summed E-state index contributed by atoms with van der Waals surface area (Å²) in [7, 11) is 0. The summed E-state index contributed by atoms with van der Waals surface area (Å²) in [6.07, 6.45) is 1.13. The first-order chi connectivity index (χ1) is 11.1. The van der Waals surface area contributed by atoms with Gasteiger partial charge < -0.3 is 15.0 Å². The predicted molar refractivity (Wildman–Crippen MR) is 77.4 cm³/mol. The molecule has 3 rings (SSSR count). The maximum Gasteiger partial charge on any atom is 0.317 e. The van der Waals surface area contributed by atoms with Gasteiger partial charge in [-0.1, -0.05) is 6.07 Å². The monoisotopic (exact) mass is 322 g/mol. The molecule has 2 N–H and O–H groups in total. The Morgan fingerprint density at radius 1 is 1.39 bits per heavy atom. The lowest BCUT2D eigenvalue weighted by Gasteiger charge is -2.33. The molecule has 0 saturated carbocycles. The highest BCUT2D eigenvalue weighted by Gasteiger charge is 2.26. The fraction of sp³-hybridized carbons (Fsp3) is 0.333. The van der Waals surface area contributed by atoms with Gasteiger partial charge in [0, 0.05) is 12.7 Å². The first-order valence-electron chi connectivity index (χ1n) is 7.21. The van der Waals surface area contributed by atoms with Crippen LogP contribution in [-0.4, -0.2) is 40.8 Å². The molecule has 0 unspecified atom stereocenters. The molecule has 0 radical (unpaired) electrons. The van der Waals surface area contributed by atoms with Crippen molar-refractivity contribution < 1.29 is 18.3 Å². The summed E-state index contributed by atoms with van der Waals surface area (Å²) in [6.45, 7) is 1.39. The van der Waals surface area contributed by atoms with Crippen LogP contribution in [-0.2, 0) is 11.3 Å². The van der Waals surface area contributed by atoms with Gasteiger partial charge in [0.1, 0.15) is 6.10 Å². The van der Waals surface area contributed by atoms with Gasteiger partial charge in [0.05, 0.1) is 25.4 Å². The standard InChI is InChI=1S/C15H16F2N4O2/c16-12-2-1-10(7-13(12)17)14-9-21(5-6-23-14)15(22)18-8-11-3-4-19-20-11/h1-4,7,14H,5-6,8-9H2,(H,18,22)(H,19,20)/t14-/m1/s1. The number of halogens is 2. The minimum atomic E-state index is -0.924. The van der Waals surface area contributed by atoms with Gasteiger partial charge in [0.2, 0.25) is 0 Å². The van der Waals surface area contributed by atoms with Crippen LogP contribution in [0.3, 0.4) is 0 Å². The number of ether oxygens (including phenoxy) is 1. The van der Waals surface area contributed by atoms with Gasteiger partial charge in [0.15, 0.2) is 11.6 Å². The molecule has 2 aromatic rings. The van der Waals surface area contributed by atoms with E-state index in [-0.39, 0.29) is 12.6 Å². The smallest absolute Gasteiger partial charge is 0.317 e. The topological polar surface area (TPSA) is 70.2 Å². The number of H-pyrrole nitrogens is 1. The normalized spacial score (nSPS) is 18.0. The van der Waals surface area contributed by atoms with E-state index in [1.807, 2.05) is 0 Å². The molecule has 2 heterocycles. The number of hydrogen-bond acceptors (Lipinski definition) is 3. The lowest BCUT2D eigenvalue weighted by Crippen LogP contribution is -2.47. The lowest BCUT2D eigenvalue weighted by molar-refractivity contribution is -0.0156. The fourth-order valence-corrected chi connectivity index (χ4v) is 2.41. The third-order valence-electron chi connectivity index (χ3n) is 3.66. The largest absolute Gasteiger partial charge is 0.370 e. The third-order valence-corrected chi connectivity index (χ3v) is 3.66. The summed E-state index contributed by atoms with van der Waals surface area (Å²) < 4.78 is 31.9. The molecule has 2 amide bonds. The van der Waals surface area contributed by atoms with E-state index < -0.39 is 17.7 Å². The summed E-state index contributed by atoms with van der Waals surface area (Å²) in [5.41, 5.74) is 1.30. The Bertz CT molecular complexity index is 678. The first kappa shape index (κ1) is 15.4. The number of aromatic nitrogens is 2. The second-order valence-corrected chi connectivity index (χ2v) is 5.22. The van der Waals surface area contributed by atoms with Crippen molar-refractivity contribution in [2.24, 2.45) is 0 Å².